The maximum atomic E-state index is 10.2. The van der Waals surface area contributed by atoms with Gasteiger partial charge in [0.15, 0.2) is 0 Å². The van der Waals surface area contributed by atoms with Gasteiger partial charge in [0, 0.05) is 11.7 Å². The molecule has 0 fully saturated rings. The minimum absolute atomic E-state index is 0.0765. The molecule has 3 nitrogen and oxygen atoms in total. The van der Waals surface area contributed by atoms with Gasteiger partial charge < -0.3 is 14.8 Å². The van der Waals surface area contributed by atoms with Crippen molar-refractivity contribution in [2.75, 3.05) is 0 Å². The van der Waals surface area contributed by atoms with Crippen LogP contribution in [0.25, 0.3) is 22.4 Å². The lowest BCUT2D eigenvalue weighted by Crippen LogP contribution is -2.27. The average Bonchev–Trinajstić information content (AvgIpc) is 2.73. The van der Waals surface area contributed by atoms with E-state index in [1.165, 1.54) is 11.1 Å². The van der Waals surface area contributed by atoms with Crippen LogP contribution in [-0.2, 0) is 4.65 Å². The summed E-state index contributed by atoms with van der Waals surface area (Å²) in [6, 6.07) is 21.9. The monoisotopic (exact) mass is 370 g/mol. The van der Waals surface area contributed by atoms with Crippen LogP contribution in [-0.4, -0.2) is 23.4 Å². The van der Waals surface area contributed by atoms with E-state index >= 15 is 0 Å². The average molecular weight is 370 g/mol. The Morgan fingerprint density at radius 3 is 2.54 bits per heavy atom. The Morgan fingerprint density at radius 2 is 1.75 bits per heavy atom. The maximum absolute atomic E-state index is 10.2. The van der Waals surface area contributed by atoms with Crippen molar-refractivity contribution < 1.29 is 14.8 Å². The molecule has 0 unspecified atom stereocenters. The second-order valence-electron chi connectivity index (χ2n) is 7.09. The molecule has 0 aliphatic carbocycles. The largest absolute Gasteiger partial charge is 0.507 e. The molecule has 28 heavy (non-hydrogen) atoms. The molecular formula is C24H23BO3. The van der Waals surface area contributed by atoms with Crippen LogP contribution < -0.4 is 0 Å². The van der Waals surface area contributed by atoms with Crippen molar-refractivity contribution in [3.63, 3.8) is 0 Å². The van der Waals surface area contributed by atoms with Gasteiger partial charge in [-0.2, -0.15) is 0 Å². The van der Waals surface area contributed by atoms with E-state index in [4.69, 9.17) is 4.65 Å². The molecule has 140 valence electrons. The van der Waals surface area contributed by atoms with Crippen molar-refractivity contribution in [2.45, 2.75) is 25.3 Å². The maximum Gasteiger partial charge on any atom is 0.458 e. The van der Waals surface area contributed by atoms with Crippen molar-refractivity contribution >= 4 is 29.5 Å². The Bertz CT molecular complexity index is 1010. The zero-order valence-electron chi connectivity index (χ0n) is 15.7. The standard InChI is InChI=1S/C24H23BO3/c26-24-15-13-20(22-10-4-5-11-23(22)24)17-19(18-7-2-1-3-8-18)12-14-21-9-6-16-25(27)28-21/h1-11,13,15,17,21,26-27H,12,14,16H2/b19-17-/t21-/m0/s1. The molecule has 1 heterocycles. The van der Waals surface area contributed by atoms with E-state index in [0.717, 1.165) is 29.2 Å². The Morgan fingerprint density at radius 1 is 1.00 bits per heavy atom. The number of phenolic OH excluding ortho intramolecular Hbond substituents is 1. The fourth-order valence-electron chi connectivity index (χ4n) is 3.68. The SMILES string of the molecule is OB1CC=C[C@@H](CC/C(=C/c2ccc(O)c3ccccc23)c2ccccc2)O1. The van der Waals surface area contributed by atoms with Crippen LogP contribution in [0.3, 0.4) is 0 Å². The number of hydrogen-bond acceptors (Lipinski definition) is 3. The zero-order chi connectivity index (χ0) is 19.3. The highest BCUT2D eigenvalue weighted by atomic mass is 16.5. The van der Waals surface area contributed by atoms with Crippen molar-refractivity contribution in [1.82, 2.24) is 0 Å². The van der Waals surface area contributed by atoms with Crippen molar-refractivity contribution in [1.29, 1.82) is 0 Å². The first-order chi connectivity index (χ1) is 13.7. The first-order valence-corrected chi connectivity index (χ1v) is 9.67. The molecule has 0 bridgehead atoms. The summed E-state index contributed by atoms with van der Waals surface area (Å²) >= 11 is 0. The third kappa shape index (κ3) is 4.19. The first-order valence-electron chi connectivity index (χ1n) is 9.67. The van der Waals surface area contributed by atoms with Gasteiger partial charge in [0.05, 0.1) is 6.10 Å². The third-order valence-corrected chi connectivity index (χ3v) is 5.13. The molecule has 4 rings (SSSR count). The summed E-state index contributed by atoms with van der Waals surface area (Å²) in [6.45, 7) is 0. The van der Waals surface area contributed by atoms with Crippen LogP contribution >= 0.6 is 0 Å². The van der Waals surface area contributed by atoms with Crippen LogP contribution in [0.4, 0.5) is 0 Å². The highest BCUT2D eigenvalue weighted by Gasteiger charge is 2.21. The number of rotatable bonds is 5. The molecule has 3 aromatic carbocycles. The Balaban J connectivity index is 1.69. The normalized spacial score (nSPS) is 17.2. The van der Waals surface area contributed by atoms with Crippen LogP contribution in [0, 0.1) is 0 Å². The number of phenols is 1. The van der Waals surface area contributed by atoms with E-state index in [2.05, 4.69) is 18.2 Å². The van der Waals surface area contributed by atoms with Gasteiger partial charge in [-0.3, -0.25) is 0 Å². The minimum atomic E-state index is -0.708. The summed E-state index contributed by atoms with van der Waals surface area (Å²) in [7, 11) is -0.708. The molecule has 1 aliphatic heterocycles. The summed E-state index contributed by atoms with van der Waals surface area (Å²) in [5.74, 6) is 0.295. The van der Waals surface area contributed by atoms with Crippen LogP contribution in [0.5, 0.6) is 5.75 Å². The summed E-state index contributed by atoms with van der Waals surface area (Å²) < 4.78 is 5.62. The molecule has 3 aromatic rings. The minimum Gasteiger partial charge on any atom is -0.507 e. The van der Waals surface area contributed by atoms with Gasteiger partial charge in [0.25, 0.3) is 0 Å². The van der Waals surface area contributed by atoms with Crippen molar-refractivity contribution in [3.05, 3.63) is 90.0 Å². The highest BCUT2D eigenvalue weighted by molar-refractivity contribution is 6.43. The van der Waals surface area contributed by atoms with Crippen LogP contribution in [0.1, 0.15) is 24.0 Å². The van der Waals surface area contributed by atoms with E-state index in [1.807, 2.05) is 60.7 Å². The summed E-state index contributed by atoms with van der Waals surface area (Å²) in [5, 5.41) is 21.8. The van der Waals surface area contributed by atoms with E-state index in [1.54, 1.807) is 6.07 Å². The van der Waals surface area contributed by atoms with E-state index < -0.39 is 7.12 Å². The van der Waals surface area contributed by atoms with Gasteiger partial charge in [-0.25, -0.2) is 0 Å². The Labute approximate surface area is 165 Å². The second-order valence-corrected chi connectivity index (χ2v) is 7.09. The number of fused-ring (bicyclic) bond motifs is 1. The predicted molar refractivity (Wildman–Crippen MR) is 116 cm³/mol. The molecule has 4 heteroatoms. The lowest BCUT2D eigenvalue weighted by atomic mass is 9.82. The predicted octanol–water partition coefficient (Wildman–Crippen LogP) is 5.30. The molecule has 0 saturated carbocycles. The van der Waals surface area contributed by atoms with Crippen LogP contribution in [0.15, 0.2) is 78.9 Å². The van der Waals surface area contributed by atoms with Crippen LogP contribution in [0.2, 0.25) is 6.32 Å². The van der Waals surface area contributed by atoms with E-state index in [9.17, 15) is 10.1 Å². The second kappa shape index (κ2) is 8.47. The quantitative estimate of drug-likeness (QED) is 0.364. The first kappa shape index (κ1) is 18.5. The molecule has 0 spiro atoms. The fourth-order valence-corrected chi connectivity index (χ4v) is 3.68. The van der Waals surface area contributed by atoms with Crippen molar-refractivity contribution in [3.8, 4) is 5.75 Å². The van der Waals surface area contributed by atoms with Gasteiger partial charge in [-0.1, -0.05) is 78.9 Å². The Hall–Kier alpha value is -2.82. The van der Waals surface area contributed by atoms with E-state index in [-0.39, 0.29) is 6.10 Å². The number of benzene rings is 3. The fraction of sp³-hybridized carbons (Fsp3) is 0.167. The molecule has 0 saturated heterocycles. The van der Waals surface area contributed by atoms with Crippen molar-refractivity contribution in [2.24, 2.45) is 0 Å². The van der Waals surface area contributed by atoms with Gasteiger partial charge in [-0.05, 0) is 41.0 Å². The third-order valence-electron chi connectivity index (χ3n) is 5.13. The molecule has 1 aliphatic rings. The van der Waals surface area contributed by atoms with Gasteiger partial charge in [0.1, 0.15) is 5.75 Å². The number of allylic oxidation sites excluding steroid dienone is 2. The Kier molecular flexibility index (Phi) is 5.61. The number of hydrogen-bond donors (Lipinski definition) is 2. The summed E-state index contributed by atoms with van der Waals surface area (Å²) in [6.07, 6.45) is 8.30. The summed E-state index contributed by atoms with van der Waals surface area (Å²) in [4.78, 5) is 0. The van der Waals surface area contributed by atoms with Gasteiger partial charge in [-0.15, -0.1) is 0 Å². The lowest BCUT2D eigenvalue weighted by Gasteiger charge is -2.21. The highest BCUT2D eigenvalue weighted by Crippen LogP contribution is 2.32. The molecular weight excluding hydrogens is 347 g/mol. The number of aromatic hydroxyl groups is 1. The lowest BCUT2D eigenvalue weighted by molar-refractivity contribution is 0.193. The zero-order valence-corrected chi connectivity index (χ0v) is 15.7. The van der Waals surface area contributed by atoms with Gasteiger partial charge >= 0.3 is 7.12 Å². The topological polar surface area (TPSA) is 49.7 Å². The molecule has 0 amide bonds. The molecule has 2 N–H and O–H groups in total. The smallest absolute Gasteiger partial charge is 0.458 e. The van der Waals surface area contributed by atoms with Gasteiger partial charge in [0.2, 0.25) is 0 Å². The van der Waals surface area contributed by atoms with E-state index in [0.29, 0.717) is 12.1 Å². The molecule has 0 aromatic heterocycles. The molecule has 0 radical (unpaired) electrons. The molecule has 1 atom stereocenters. The summed E-state index contributed by atoms with van der Waals surface area (Å²) in [5.41, 5.74) is 3.45.